The van der Waals surface area contributed by atoms with E-state index in [4.69, 9.17) is 27.2 Å². The third-order valence-corrected chi connectivity index (χ3v) is 1.86. The average molecular weight is 203 g/mol. The van der Waals surface area contributed by atoms with E-state index in [9.17, 15) is 0 Å². The largest absolute Gasteiger partial charge is 0.481 e. The number of rotatable bonds is 3. The summed E-state index contributed by atoms with van der Waals surface area (Å²) in [6.07, 6.45) is 0. The highest BCUT2D eigenvalue weighted by Crippen LogP contribution is 2.23. The molecule has 4 nitrogen and oxygen atoms in total. The highest BCUT2D eigenvalue weighted by molar-refractivity contribution is 6.29. The van der Waals surface area contributed by atoms with E-state index in [1.165, 1.54) is 7.11 Å². The summed E-state index contributed by atoms with van der Waals surface area (Å²) in [5.41, 5.74) is 6.26. The quantitative estimate of drug-likeness (QED) is 0.710. The number of hydrogen-bond donors (Lipinski definition) is 2. The molecule has 3 N–H and O–H groups in total. The fourth-order valence-corrected chi connectivity index (χ4v) is 1.11. The number of nitrogens with zero attached hydrogens (tertiary/aromatic N) is 1. The first-order chi connectivity index (χ1) is 6.19. The van der Waals surface area contributed by atoms with Crippen molar-refractivity contribution < 1.29 is 9.84 Å². The van der Waals surface area contributed by atoms with Gasteiger partial charge in [0.2, 0.25) is 5.88 Å². The zero-order valence-electron chi connectivity index (χ0n) is 7.20. The van der Waals surface area contributed by atoms with Crippen LogP contribution >= 0.6 is 11.6 Å². The van der Waals surface area contributed by atoms with Crippen molar-refractivity contribution >= 4 is 11.6 Å². The van der Waals surface area contributed by atoms with Crippen molar-refractivity contribution in [2.24, 2.45) is 5.73 Å². The van der Waals surface area contributed by atoms with Crippen LogP contribution in [0.1, 0.15) is 11.6 Å². The lowest BCUT2D eigenvalue weighted by atomic mass is 10.1. The number of aliphatic hydroxyl groups is 1. The highest BCUT2D eigenvalue weighted by atomic mass is 35.5. The Bertz CT molecular complexity index is 293. The zero-order valence-corrected chi connectivity index (χ0v) is 7.95. The first kappa shape index (κ1) is 10.2. The number of methoxy groups -OCH3 is 1. The summed E-state index contributed by atoms with van der Waals surface area (Å²) in [6.45, 7) is -0.153. The summed E-state index contributed by atoms with van der Waals surface area (Å²) in [6, 6.07) is 2.81. The van der Waals surface area contributed by atoms with Crippen molar-refractivity contribution in [2.75, 3.05) is 13.7 Å². The predicted molar refractivity (Wildman–Crippen MR) is 49.8 cm³/mol. The van der Waals surface area contributed by atoms with E-state index in [1.807, 2.05) is 0 Å². The van der Waals surface area contributed by atoms with Gasteiger partial charge in [0.25, 0.3) is 0 Å². The van der Waals surface area contributed by atoms with E-state index in [0.717, 1.165) is 0 Å². The minimum Gasteiger partial charge on any atom is -0.481 e. The molecule has 0 unspecified atom stereocenters. The summed E-state index contributed by atoms with van der Waals surface area (Å²) >= 11 is 5.65. The third kappa shape index (κ3) is 2.30. The van der Waals surface area contributed by atoms with Gasteiger partial charge in [-0.15, -0.1) is 0 Å². The van der Waals surface area contributed by atoms with Gasteiger partial charge in [-0.1, -0.05) is 11.6 Å². The van der Waals surface area contributed by atoms with Gasteiger partial charge in [-0.25, -0.2) is 4.98 Å². The Kier molecular flexibility index (Phi) is 3.48. The minimum absolute atomic E-state index is 0.153. The molecular weight excluding hydrogens is 192 g/mol. The maximum absolute atomic E-state index is 8.84. The summed E-state index contributed by atoms with van der Waals surface area (Å²) in [5, 5.41) is 9.17. The Balaban J connectivity index is 3.05. The third-order valence-electron chi connectivity index (χ3n) is 1.65. The molecule has 72 valence electrons. The molecule has 0 aliphatic carbocycles. The first-order valence-electron chi connectivity index (χ1n) is 3.76. The maximum atomic E-state index is 8.84. The minimum atomic E-state index is -0.486. The van der Waals surface area contributed by atoms with Crippen molar-refractivity contribution in [1.82, 2.24) is 4.98 Å². The number of ether oxygens (including phenoxy) is 1. The molecule has 0 aliphatic rings. The van der Waals surface area contributed by atoms with Gasteiger partial charge in [-0.2, -0.15) is 0 Å². The monoisotopic (exact) mass is 202 g/mol. The average Bonchev–Trinajstić information content (AvgIpc) is 2.16. The Labute approximate surface area is 81.3 Å². The van der Waals surface area contributed by atoms with E-state index in [0.29, 0.717) is 16.6 Å². The summed E-state index contributed by atoms with van der Waals surface area (Å²) < 4.78 is 4.96. The Morgan fingerprint density at radius 3 is 2.92 bits per heavy atom. The van der Waals surface area contributed by atoms with Gasteiger partial charge in [-0.05, 0) is 12.1 Å². The second-order valence-corrected chi connectivity index (χ2v) is 2.91. The lowest BCUT2D eigenvalue weighted by molar-refractivity contribution is 0.263. The van der Waals surface area contributed by atoms with Crippen LogP contribution in [0, 0.1) is 0 Å². The normalized spacial score (nSPS) is 12.6. The van der Waals surface area contributed by atoms with Gasteiger partial charge in [0.05, 0.1) is 19.8 Å². The fourth-order valence-electron chi connectivity index (χ4n) is 0.973. The molecule has 1 rings (SSSR count). The molecule has 0 aromatic carbocycles. The molecule has 13 heavy (non-hydrogen) atoms. The molecule has 1 aromatic rings. The van der Waals surface area contributed by atoms with Gasteiger partial charge in [0, 0.05) is 5.56 Å². The second-order valence-electron chi connectivity index (χ2n) is 2.52. The van der Waals surface area contributed by atoms with E-state index < -0.39 is 6.04 Å². The molecule has 0 spiro atoms. The van der Waals surface area contributed by atoms with Gasteiger partial charge in [0.15, 0.2) is 0 Å². The number of halogens is 1. The van der Waals surface area contributed by atoms with Crippen molar-refractivity contribution in [3.05, 3.63) is 22.8 Å². The topological polar surface area (TPSA) is 68.4 Å². The van der Waals surface area contributed by atoms with Crippen LogP contribution in [0.15, 0.2) is 12.1 Å². The Hall–Kier alpha value is -0.840. The molecule has 0 saturated carbocycles. The van der Waals surface area contributed by atoms with Crippen molar-refractivity contribution in [3.8, 4) is 5.88 Å². The van der Waals surface area contributed by atoms with Gasteiger partial charge < -0.3 is 15.6 Å². The molecule has 1 aromatic heterocycles. The molecule has 0 aliphatic heterocycles. The number of aliphatic hydroxyl groups excluding tert-OH is 1. The second kappa shape index (κ2) is 4.41. The number of aromatic nitrogens is 1. The van der Waals surface area contributed by atoms with Gasteiger partial charge >= 0.3 is 0 Å². The van der Waals surface area contributed by atoms with Crippen molar-refractivity contribution in [1.29, 1.82) is 0 Å². The van der Waals surface area contributed by atoms with Crippen LogP contribution < -0.4 is 10.5 Å². The van der Waals surface area contributed by atoms with Crippen LogP contribution in [-0.4, -0.2) is 23.8 Å². The fraction of sp³-hybridized carbons (Fsp3) is 0.375. The van der Waals surface area contributed by atoms with E-state index >= 15 is 0 Å². The number of hydrogen-bond acceptors (Lipinski definition) is 4. The summed E-state index contributed by atoms with van der Waals surface area (Å²) in [4.78, 5) is 3.91. The Morgan fingerprint density at radius 2 is 2.38 bits per heavy atom. The van der Waals surface area contributed by atoms with Crippen molar-refractivity contribution in [2.45, 2.75) is 6.04 Å². The highest BCUT2D eigenvalue weighted by Gasteiger charge is 2.12. The number of nitrogens with two attached hydrogens (primary N) is 1. The molecule has 0 amide bonds. The molecular formula is C8H11ClN2O2. The lowest BCUT2D eigenvalue weighted by Gasteiger charge is -2.11. The first-order valence-corrected chi connectivity index (χ1v) is 4.13. The van der Waals surface area contributed by atoms with E-state index in [1.54, 1.807) is 12.1 Å². The summed E-state index contributed by atoms with van der Waals surface area (Å²) in [5.74, 6) is 0.356. The Morgan fingerprint density at radius 1 is 1.69 bits per heavy atom. The molecule has 1 atom stereocenters. The molecule has 0 bridgehead atoms. The molecule has 0 radical (unpaired) electrons. The van der Waals surface area contributed by atoms with Crippen LogP contribution in [0.3, 0.4) is 0 Å². The van der Waals surface area contributed by atoms with Gasteiger partial charge in [-0.3, -0.25) is 0 Å². The van der Waals surface area contributed by atoms with Crippen LogP contribution in [0.5, 0.6) is 5.88 Å². The van der Waals surface area contributed by atoms with E-state index in [-0.39, 0.29) is 6.61 Å². The summed E-state index contributed by atoms with van der Waals surface area (Å²) in [7, 11) is 1.48. The molecule has 5 heteroatoms. The van der Waals surface area contributed by atoms with Crippen LogP contribution in [-0.2, 0) is 0 Å². The SMILES string of the molecule is COc1nc(Cl)ccc1[C@@H](N)CO. The zero-order chi connectivity index (χ0) is 9.84. The molecule has 1 heterocycles. The van der Waals surface area contributed by atoms with Gasteiger partial charge in [0.1, 0.15) is 5.15 Å². The van der Waals surface area contributed by atoms with Crippen LogP contribution in [0.25, 0.3) is 0 Å². The van der Waals surface area contributed by atoms with E-state index in [2.05, 4.69) is 4.98 Å². The standard InChI is InChI=1S/C8H11ClN2O2/c1-13-8-5(6(10)4-12)2-3-7(9)11-8/h2-3,6,12H,4,10H2,1H3/t6-/m0/s1. The van der Waals surface area contributed by atoms with Crippen molar-refractivity contribution in [3.63, 3.8) is 0 Å². The van der Waals surface area contributed by atoms with Crippen LogP contribution in [0.2, 0.25) is 5.15 Å². The molecule has 0 saturated heterocycles. The number of pyridine rings is 1. The molecule has 0 fully saturated rings. The van der Waals surface area contributed by atoms with Crippen LogP contribution in [0.4, 0.5) is 0 Å². The lowest BCUT2D eigenvalue weighted by Crippen LogP contribution is -2.16. The maximum Gasteiger partial charge on any atom is 0.219 e. The smallest absolute Gasteiger partial charge is 0.219 e. The predicted octanol–water partition coefficient (Wildman–Crippen LogP) is 0.736.